The van der Waals surface area contributed by atoms with Gasteiger partial charge in [-0.25, -0.2) is 0 Å². The minimum atomic E-state index is -0.148. The van der Waals surface area contributed by atoms with Crippen LogP contribution >= 0.6 is 11.6 Å². The standard InChI is InChI=1S/C27H21ClN2O2/c1-32-19-13-14-24-21(16-19)23(27(31)29-24)17-22-20-11-5-6-12-25(20)30(26(22)28)15-7-10-18-8-3-2-4-9-18/h2-14,16-17H,15H2,1H3,(H,29,31)/b10-7+,23-17+. The SMILES string of the molecule is COc1ccc2c(c1)/C(=C\c1c(Cl)n(C/C=C/c3ccccc3)c3ccccc13)C(=O)N2. The smallest absolute Gasteiger partial charge is 0.256 e. The molecule has 1 aliphatic rings. The van der Waals surface area contributed by atoms with Gasteiger partial charge in [0, 0.05) is 34.3 Å². The summed E-state index contributed by atoms with van der Waals surface area (Å²) in [5, 5.41) is 4.52. The van der Waals surface area contributed by atoms with E-state index in [9.17, 15) is 4.79 Å². The molecule has 1 aromatic heterocycles. The maximum Gasteiger partial charge on any atom is 0.256 e. The lowest BCUT2D eigenvalue weighted by Gasteiger charge is -2.04. The van der Waals surface area contributed by atoms with E-state index in [2.05, 4.69) is 34.2 Å². The van der Waals surface area contributed by atoms with E-state index >= 15 is 0 Å². The van der Waals surface area contributed by atoms with Crippen molar-refractivity contribution in [2.45, 2.75) is 6.54 Å². The summed E-state index contributed by atoms with van der Waals surface area (Å²) >= 11 is 6.87. The quantitative estimate of drug-likeness (QED) is 0.359. The van der Waals surface area contributed by atoms with Crippen molar-refractivity contribution in [2.24, 2.45) is 0 Å². The van der Waals surface area contributed by atoms with E-state index < -0.39 is 0 Å². The number of nitrogens with zero attached hydrogens (tertiary/aromatic N) is 1. The van der Waals surface area contributed by atoms with Crippen molar-refractivity contribution in [3.8, 4) is 5.75 Å². The van der Waals surface area contributed by atoms with E-state index in [-0.39, 0.29) is 5.91 Å². The second kappa shape index (κ2) is 8.40. The van der Waals surface area contributed by atoms with Gasteiger partial charge < -0.3 is 14.6 Å². The molecule has 4 nitrogen and oxygen atoms in total. The topological polar surface area (TPSA) is 43.3 Å². The number of carbonyl (C=O) groups excluding carboxylic acids is 1. The Morgan fingerprint density at radius 2 is 1.81 bits per heavy atom. The number of fused-ring (bicyclic) bond motifs is 2. The Morgan fingerprint density at radius 3 is 2.62 bits per heavy atom. The number of allylic oxidation sites excluding steroid dienone is 1. The maximum absolute atomic E-state index is 12.7. The zero-order chi connectivity index (χ0) is 22.1. The van der Waals surface area contributed by atoms with Gasteiger partial charge in [0.1, 0.15) is 10.9 Å². The third-order valence-corrected chi connectivity index (χ3v) is 6.05. The average molecular weight is 441 g/mol. The molecule has 1 amide bonds. The largest absolute Gasteiger partial charge is 0.497 e. The van der Waals surface area contributed by atoms with Crippen LogP contribution in [-0.2, 0) is 11.3 Å². The highest BCUT2D eigenvalue weighted by atomic mass is 35.5. The van der Waals surface area contributed by atoms with Crippen LogP contribution in [0.5, 0.6) is 5.75 Å². The lowest BCUT2D eigenvalue weighted by molar-refractivity contribution is -0.110. The van der Waals surface area contributed by atoms with Crippen LogP contribution in [0.4, 0.5) is 5.69 Å². The normalized spacial score (nSPS) is 14.3. The van der Waals surface area contributed by atoms with Crippen LogP contribution in [0.15, 0.2) is 78.9 Å². The van der Waals surface area contributed by atoms with Crippen molar-refractivity contribution in [3.05, 3.63) is 101 Å². The summed E-state index contributed by atoms with van der Waals surface area (Å²) in [7, 11) is 1.61. The molecule has 2 heterocycles. The molecule has 0 atom stereocenters. The molecule has 5 rings (SSSR count). The zero-order valence-electron chi connectivity index (χ0n) is 17.5. The fraction of sp³-hybridized carbons (Fsp3) is 0.0741. The van der Waals surface area contributed by atoms with E-state index in [1.165, 1.54) is 0 Å². The highest BCUT2D eigenvalue weighted by Crippen LogP contribution is 2.39. The van der Waals surface area contributed by atoms with Crippen LogP contribution in [0.25, 0.3) is 28.6 Å². The van der Waals surface area contributed by atoms with Gasteiger partial charge in [-0.2, -0.15) is 0 Å². The molecule has 0 fully saturated rings. The first-order valence-corrected chi connectivity index (χ1v) is 10.7. The monoisotopic (exact) mass is 440 g/mol. The molecule has 1 aliphatic heterocycles. The second-order valence-electron chi connectivity index (χ2n) is 7.57. The van der Waals surface area contributed by atoms with Crippen molar-refractivity contribution >= 4 is 51.8 Å². The maximum atomic E-state index is 12.7. The summed E-state index contributed by atoms with van der Waals surface area (Å²) in [6.07, 6.45) is 6.05. The fourth-order valence-corrected chi connectivity index (χ4v) is 4.37. The molecule has 0 radical (unpaired) electrons. The van der Waals surface area contributed by atoms with Crippen LogP contribution in [0.3, 0.4) is 0 Å². The first-order chi connectivity index (χ1) is 15.7. The van der Waals surface area contributed by atoms with Crippen molar-refractivity contribution in [3.63, 3.8) is 0 Å². The van der Waals surface area contributed by atoms with Crippen molar-refractivity contribution < 1.29 is 9.53 Å². The van der Waals surface area contributed by atoms with Crippen molar-refractivity contribution in [1.82, 2.24) is 4.57 Å². The van der Waals surface area contributed by atoms with E-state index in [0.29, 0.717) is 23.0 Å². The average Bonchev–Trinajstić information content (AvgIpc) is 3.28. The summed E-state index contributed by atoms with van der Waals surface area (Å²) in [5.41, 5.74) is 5.14. The molecule has 32 heavy (non-hydrogen) atoms. The third kappa shape index (κ3) is 3.59. The van der Waals surface area contributed by atoms with Crippen molar-refractivity contribution in [1.29, 1.82) is 0 Å². The number of hydrogen-bond donors (Lipinski definition) is 1. The molecule has 0 unspecified atom stereocenters. The molecule has 5 heteroatoms. The van der Waals surface area contributed by atoms with Crippen LogP contribution < -0.4 is 10.1 Å². The summed E-state index contributed by atoms with van der Waals surface area (Å²) in [6, 6.07) is 23.8. The number of aromatic nitrogens is 1. The van der Waals surface area contributed by atoms with Gasteiger partial charge in [0.2, 0.25) is 0 Å². The molecular weight excluding hydrogens is 420 g/mol. The lowest BCUT2D eigenvalue weighted by Crippen LogP contribution is -2.03. The van der Waals surface area contributed by atoms with Crippen LogP contribution in [0, 0.1) is 0 Å². The molecule has 1 N–H and O–H groups in total. The van der Waals surface area contributed by atoms with E-state index in [4.69, 9.17) is 16.3 Å². The van der Waals surface area contributed by atoms with E-state index in [1.807, 2.05) is 66.7 Å². The molecule has 0 saturated heterocycles. The molecule has 0 bridgehead atoms. The Hall–Kier alpha value is -3.76. The summed E-state index contributed by atoms with van der Waals surface area (Å²) < 4.78 is 7.41. The van der Waals surface area contributed by atoms with E-state index in [1.54, 1.807) is 7.11 Å². The molecule has 4 aromatic rings. The Bertz CT molecular complexity index is 1380. The number of anilines is 1. The fourth-order valence-electron chi connectivity index (χ4n) is 4.05. The van der Waals surface area contributed by atoms with Crippen LogP contribution in [-0.4, -0.2) is 17.6 Å². The van der Waals surface area contributed by atoms with E-state index in [0.717, 1.165) is 33.3 Å². The first-order valence-electron chi connectivity index (χ1n) is 10.4. The summed E-state index contributed by atoms with van der Waals surface area (Å²) in [4.78, 5) is 12.7. The Kier molecular flexibility index (Phi) is 5.29. The molecular formula is C27H21ClN2O2. The number of para-hydroxylation sites is 1. The highest BCUT2D eigenvalue weighted by molar-refractivity contribution is 6.38. The van der Waals surface area contributed by atoms with Crippen LogP contribution in [0.1, 0.15) is 16.7 Å². The van der Waals surface area contributed by atoms with Gasteiger partial charge in [-0.1, -0.05) is 72.3 Å². The minimum Gasteiger partial charge on any atom is -0.497 e. The predicted octanol–water partition coefficient (Wildman–Crippen LogP) is 6.51. The predicted molar refractivity (Wildman–Crippen MR) is 132 cm³/mol. The van der Waals surface area contributed by atoms with Gasteiger partial charge in [-0.3, -0.25) is 4.79 Å². The molecule has 0 aliphatic carbocycles. The minimum absolute atomic E-state index is 0.148. The van der Waals surface area contributed by atoms with Crippen LogP contribution in [0.2, 0.25) is 5.15 Å². The van der Waals surface area contributed by atoms with Gasteiger partial charge in [-0.05, 0) is 35.9 Å². The number of rotatable bonds is 5. The number of hydrogen-bond acceptors (Lipinski definition) is 2. The van der Waals surface area contributed by atoms with Gasteiger partial charge in [0.05, 0.1) is 12.6 Å². The second-order valence-corrected chi connectivity index (χ2v) is 7.93. The summed E-state index contributed by atoms with van der Waals surface area (Å²) in [5.74, 6) is 0.552. The zero-order valence-corrected chi connectivity index (χ0v) is 18.3. The first kappa shape index (κ1) is 20.2. The number of ether oxygens (including phenoxy) is 1. The van der Waals surface area contributed by atoms with Gasteiger partial charge in [0.25, 0.3) is 5.91 Å². The number of benzene rings is 3. The highest BCUT2D eigenvalue weighted by Gasteiger charge is 2.26. The molecule has 0 spiro atoms. The number of halogens is 1. The number of methoxy groups -OCH3 is 1. The number of amides is 1. The van der Waals surface area contributed by atoms with Gasteiger partial charge in [-0.15, -0.1) is 0 Å². The third-order valence-electron chi connectivity index (χ3n) is 5.64. The molecule has 0 saturated carbocycles. The van der Waals surface area contributed by atoms with Gasteiger partial charge >= 0.3 is 0 Å². The molecule has 158 valence electrons. The van der Waals surface area contributed by atoms with Crippen molar-refractivity contribution in [2.75, 3.05) is 12.4 Å². The number of nitrogens with one attached hydrogen (secondary N) is 1. The van der Waals surface area contributed by atoms with Gasteiger partial charge in [0.15, 0.2) is 0 Å². The lowest BCUT2D eigenvalue weighted by atomic mass is 10.0. The Balaban J connectivity index is 1.58. The summed E-state index contributed by atoms with van der Waals surface area (Å²) in [6.45, 7) is 0.619. The molecule has 3 aromatic carbocycles. The Labute approximate surface area is 191 Å². The number of carbonyl (C=O) groups is 1. The Morgan fingerprint density at radius 1 is 1.03 bits per heavy atom.